The second kappa shape index (κ2) is 11.3. The molecular formula is C27H31N3O3. The van der Waals surface area contributed by atoms with Crippen LogP contribution in [0.3, 0.4) is 0 Å². The van der Waals surface area contributed by atoms with Crippen LogP contribution in [-0.2, 0) is 16.8 Å². The number of nitrogens with zero attached hydrogens (tertiary/aromatic N) is 1. The molecule has 0 bridgehead atoms. The summed E-state index contributed by atoms with van der Waals surface area (Å²) in [4.78, 5) is 28.4. The van der Waals surface area contributed by atoms with Gasteiger partial charge in [-0.05, 0) is 59.4 Å². The minimum atomic E-state index is -0.225. The monoisotopic (exact) mass is 445 g/mol. The smallest absolute Gasteiger partial charge is 0.257 e. The van der Waals surface area contributed by atoms with Crippen molar-refractivity contribution in [2.45, 2.75) is 45.6 Å². The Hall–Kier alpha value is -3.67. The number of anilines is 1. The lowest BCUT2D eigenvalue weighted by Crippen LogP contribution is -2.23. The van der Waals surface area contributed by atoms with Gasteiger partial charge in [0.05, 0.1) is 12.2 Å². The fourth-order valence-corrected chi connectivity index (χ4v) is 3.22. The molecule has 6 heteroatoms. The Balaban J connectivity index is 1.38. The zero-order valence-electron chi connectivity index (χ0n) is 19.4. The molecule has 0 unspecified atom stereocenters. The van der Waals surface area contributed by atoms with Crippen LogP contribution in [0.15, 0.2) is 73.1 Å². The summed E-state index contributed by atoms with van der Waals surface area (Å²) in [6.07, 6.45) is 4.16. The number of carbonyl (C=O) groups is 2. The van der Waals surface area contributed by atoms with E-state index in [1.165, 1.54) is 11.8 Å². The van der Waals surface area contributed by atoms with E-state index in [9.17, 15) is 9.59 Å². The number of hydrogen-bond acceptors (Lipinski definition) is 4. The first-order valence-electron chi connectivity index (χ1n) is 11.1. The molecule has 6 nitrogen and oxygen atoms in total. The maximum absolute atomic E-state index is 12.3. The minimum absolute atomic E-state index is 0.0357. The Labute approximate surface area is 195 Å². The largest absolute Gasteiger partial charge is 0.494 e. The highest BCUT2D eigenvalue weighted by atomic mass is 16.5. The molecule has 1 aromatic heterocycles. The molecule has 2 amide bonds. The summed E-state index contributed by atoms with van der Waals surface area (Å²) >= 11 is 0. The van der Waals surface area contributed by atoms with Crippen molar-refractivity contribution >= 4 is 17.5 Å². The van der Waals surface area contributed by atoms with Gasteiger partial charge in [0.25, 0.3) is 5.91 Å². The molecule has 0 aliphatic heterocycles. The molecule has 0 radical (unpaired) electrons. The third-order valence-corrected chi connectivity index (χ3v) is 5.14. The molecule has 0 spiro atoms. The van der Waals surface area contributed by atoms with E-state index < -0.39 is 0 Å². The van der Waals surface area contributed by atoms with Gasteiger partial charge in [-0.3, -0.25) is 14.6 Å². The van der Waals surface area contributed by atoms with Crippen molar-refractivity contribution in [3.8, 4) is 5.75 Å². The molecule has 2 N–H and O–H groups in total. The van der Waals surface area contributed by atoms with Gasteiger partial charge < -0.3 is 15.4 Å². The Morgan fingerprint density at radius 3 is 2.48 bits per heavy atom. The molecule has 0 saturated carbocycles. The summed E-state index contributed by atoms with van der Waals surface area (Å²) in [5.74, 6) is 0.553. The van der Waals surface area contributed by atoms with Crippen molar-refractivity contribution in [1.82, 2.24) is 10.3 Å². The van der Waals surface area contributed by atoms with E-state index in [1.54, 1.807) is 18.3 Å². The highest BCUT2D eigenvalue weighted by molar-refractivity contribution is 6.04. The molecule has 3 rings (SSSR count). The highest BCUT2D eigenvalue weighted by Gasteiger charge is 2.13. The summed E-state index contributed by atoms with van der Waals surface area (Å²) in [6, 6.07) is 18.9. The van der Waals surface area contributed by atoms with Crippen LogP contribution >= 0.6 is 0 Å². The molecule has 0 aliphatic carbocycles. The van der Waals surface area contributed by atoms with Crippen LogP contribution in [-0.4, -0.2) is 23.4 Å². The number of rotatable bonds is 9. The maximum Gasteiger partial charge on any atom is 0.257 e. The lowest BCUT2D eigenvalue weighted by molar-refractivity contribution is -0.121. The molecule has 0 saturated heterocycles. The summed E-state index contributed by atoms with van der Waals surface area (Å²) in [5.41, 5.74) is 3.43. The normalized spacial score (nSPS) is 11.0. The molecule has 2 aromatic carbocycles. The second-order valence-electron chi connectivity index (χ2n) is 8.90. The predicted molar refractivity (Wildman–Crippen MR) is 130 cm³/mol. The van der Waals surface area contributed by atoms with E-state index in [4.69, 9.17) is 4.74 Å². The zero-order chi connectivity index (χ0) is 23.7. The highest BCUT2D eigenvalue weighted by Crippen LogP contribution is 2.24. The van der Waals surface area contributed by atoms with Gasteiger partial charge in [0.15, 0.2) is 0 Å². The summed E-state index contributed by atoms with van der Waals surface area (Å²) in [5, 5.41) is 5.76. The molecular weight excluding hydrogens is 414 g/mol. The van der Waals surface area contributed by atoms with Crippen molar-refractivity contribution < 1.29 is 14.3 Å². The van der Waals surface area contributed by atoms with Crippen LogP contribution in [0.5, 0.6) is 5.75 Å². The number of hydrogen-bond donors (Lipinski definition) is 2. The molecule has 1 heterocycles. The zero-order valence-corrected chi connectivity index (χ0v) is 19.4. The number of nitrogens with one attached hydrogen (secondary N) is 2. The lowest BCUT2D eigenvalue weighted by Gasteiger charge is -2.19. The summed E-state index contributed by atoms with van der Waals surface area (Å²) in [7, 11) is 0. The third kappa shape index (κ3) is 7.75. The van der Waals surface area contributed by atoms with Crippen LogP contribution in [0, 0.1) is 0 Å². The Bertz CT molecular complexity index is 1060. The molecule has 3 aromatic rings. The number of carbonyl (C=O) groups excluding carboxylic acids is 2. The standard InChI is InChI=1S/C27H31N3O3/c1-27(2,3)22-11-13-24(14-12-22)33-16-6-10-25(31)29-18-20-7-4-9-23(17-20)30-26(32)21-8-5-15-28-19-21/h4-5,7-9,11-15,17,19H,6,10,16,18H2,1-3H3,(H,29,31)(H,30,32). The first-order valence-corrected chi connectivity index (χ1v) is 11.1. The van der Waals surface area contributed by atoms with Crippen LogP contribution in [0.1, 0.15) is 55.1 Å². The van der Waals surface area contributed by atoms with Crippen LogP contribution in [0.2, 0.25) is 0 Å². The van der Waals surface area contributed by atoms with Gasteiger partial charge in [0.2, 0.25) is 5.91 Å². The van der Waals surface area contributed by atoms with Crippen LogP contribution in [0.4, 0.5) is 5.69 Å². The van der Waals surface area contributed by atoms with Crippen molar-refractivity contribution in [2.75, 3.05) is 11.9 Å². The van der Waals surface area contributed by atoms with Crippen molar-refractivity contribution in [3.05, 3.63) is 89.7 Å². The third-order valence-electron chi connectivity index (χ3n) is 5.14. The van der Waals surface area contributed by atoms with Gasteiger partial charge in [-0.15, -0.1) is 0 Å². The molecule has 0 aliphatic rings. The molecule has 33 heavy (non-hydrogen) atoms. The van der Waals surface area contributed by atoms with E-state index in [-0.39, 0.29) is 17.2 Å². The van der Waals surface area contributed by atoms with Gasteiger partial charge in [-0.25, -0.2) is 0 Å². The van der Waals surface area contributed by atoms with Crippen molar-refractivity contribution in [3.63, 3.8) is 0 Å². The number of amides is 2. The van der Waals surface area contributed by atoms with Gasteiger partial charge >= 0.3 is 0 Å². The van der Waals surface area contributed by atoms with Gasteiger partial charge in [-0.1, -0.05) is 45.0 Å². The Kier molecular flexibility index (Phi) is 8.19. The van der Waals surface area contributed by atoms with Crippen LogP contribution < -0.4 is 15.4 Å². The first kappa shape index (κ1) is 24.0. The van der Waals surface area contributed by atoms with E-state index in [2.05, 4.69) is 48.5 Å². The molecule has 0 atom stereocenters. The van der Waals surface area contributed by atoms with Crippen LogP contribution in [0.25, 0.3) is 0 Å². The fraction of sp³-hybridized carbons (Fsp3) is 0.296. The van der Waals surface area contributed by atoms with Gasteiger partial charge in [0.1, 0.15) is 5.75 Å². The van der Waals surface area contributed by atoms with E-state index in [1.807, 2.05) is 36.4 Å². The SMILES string of the molecule is CC(C)(C)c1ccc(OCCCC(=O)NCc2cccc(NC(=O)c3cccnc3)c2)cc1. The molecule has 0 fully saturated rings. The van der Waals surface area contributed by atoms with E-state index >= 15 is 0 Å². The van der Waals surface area contributed by atoms with E-state index in [0.717, 1.165) is 11.3 Å². The average molecular weight is 446 g/mol. The lowest BCUT2D eigenvalue weighted by atomic mass is 9.87. The number of aromatic nitrogens is 1. The number of benzene rings is 2. The summed E-state index contributed by atoms with van der Waals surface area (Å²) in [6.45, 7) is 7.41. The topological polar surface area (TPSA) is 80.3 Å². The van der Waals surface area contributed by atoms with Crippen molar-refractivity contribution in [1.29, 1.82) is 0 Å². The Morgan fingerprint density at radius 2 is 1.79 bits per heavy atom. The average Bonchev–Trinajstić information content (AvgIpc) is 2.81. The Morgan fingerprint density at radius 1 is 1.00 bits per heavy atom. The molecule has 172 valence electrons. The quantitative estimate of drug-likeness (QED) is 0.449. The van der Waals surface area contributed by atoms with Gasteiger partial charge in [-0.2, -0.15) is 0 Å². The first-order chi connectivity index (χ1) is 15.8. The number of ether oxygens (including phenoxy) is 1. The predicted octanol–water partition coefficient (Wildman–Crippen LogP) is 5.11. The van der Waals surface area contributed by atoms with Crippen molar-refractivity contribution in [2.24, 2.45) is 0 Å². The fourth-order valence-electron chi connectivity index (χ4n) is 3.22. The summed E-state index contributed by atoms with van der Waals surface area (Å²) < 4.78 is 5.75. The van der Waals surface area contributed by atoms with E-state index in [0.29, 0.717) is 37.2 Å². The maximum atomic E-state index is 12.3. The second-order valence-corrected chi connectivity index (χ2v) is 8.90. The van der Waals surface area contributed by atoms with Gasteiger partial charge in [0, 0.05) is 31.0 Å². The minimum Gasteiger partial charge on any atom is -0.494 e. The number of pyridine rings is 1.